The normalized spacial score (nSPS) is 11.0. The zero-order valence-electron chi connectivity index (χ0n) is 12.7. The summed E-state index contributed by atoms with van der Waals surface area (Å²) < 4.78 is 1.77. The summed E-state index contributed by atoms with van der Waals surface area (Å²) in [6.07, 6.45) is 3.59. The number of benzene rings is 1. The van der Waals surface area contributed by atoms with Crippen LogP contribution in [0.15, 0.2) is 30.5 Å². The van der Waals surface area contributed by atoms with E-state index in [1.165, 1.54) is 0 Å². The van der Waals surface area contributed by atoms with E-state index in [4.69, 9.17) is 11.6 Å². The molecule has 0 spiro atoms. The zero-order chi connectivity index (χ0) is 15.5. The Morgan fingerprint density at radius 1 is 1.18 bits per heavy atom. The topological polar surface area (TPSA) is 55.6 Å². The molecule has 0 atom stereocenters. The van der Waals surface area contributed by atoms with Gasteiger partial charge in [0.05, 0.1) is 22.3 Å². The van der Waals surface area contributed by atoms with Crippen molar-refractivity contribution >= 4 is 28.5 Å². The predicted octanol–water partition coefficient (Wildman–Crippen LogP) is 3.85. The zero-order valence-corrected chi connectivity index (χ0v) is 13.4. The van der Waals surface area contributed by atoms with E-state index in [1.807, 2.05) is 31.2 Å². The summed E-state index contributed by atoms with van der Waals surface area (Å²) >= 11 is 6.29. The number of nitrogens with zero attached hydrogens (tertiary/aromatic N) is 4. The fourth-order valence-corrected chi connectivity index (χ4v) is 2.50. The van der Waals surface area contributed by atoms with Gasteiger partial charge < -0.3 is 5.32 Å². The van der Waals surface area contributed by atoms with Gasteiger partial charge in [0.2, 0.25) is 0 Å². The van der Waals surface area contributed by atoms with Crippen molar-refractivity contribution in [2.75, 3.05) is 11.9 Å². The highest BCUT2D eigenvalue weighted by Crippen LogP contribution is 2.26. The van der Waals surface area contributed by atoms with Crippen LogP contribution in [0.1, 0.15) is 26.1 Å². The number of aromatic nitrogens is 4. The van der Waals surface area contributed by atoms with Gasteiger partial charge in [-0.1, -0.05) is 37.6 Å². The first-order chi connectivity index (χ1) is 10.7. The van der Waals surface area contributed by atoms with E-state index in [0.717, 1.165) is 47.7 Å². The Labute approximate surface area is 134 Å². The summed E-state index contributed by atoms with van der Waals surface area (Å²) in [5.41, 5.74) is 1.60. The molecule has 2 heterocycles. The van der Waals surface area contributed by atoms with E-state index < -0.39 is 0 Å². The summed E-state index contributed by atoms with van der Waals surface area (Å²) in [5, 5.41) is 9.37. The van der Waals surface area contributed by atoms with Crippen LogP contribution < -0.4 is 5.32 Å². The Hall–Kier alpha value is -2.14. The van der Waals surface area contributed by atoms with Crippen molar-refractivity contribution < 1.29 is 0 Å². The lowest BCUT2D eigenvalue weighted by molar-refractivity contribution is 0.875. The number of halogens is 1. The van der Waals surface area contributed by atoms with E-state index in [-0.39, 0.29) is 0 Å². The van der Waals surface area contributed by atoms with Crippen LogP contribution in [-0.2, 0) is 6.42 Å². The van der Waals surface area contributed by atoms with Gasteiger partial charge in [0.1, 0.15) is 11.6 Å². The molecule has 3 aromatic rings. The van der Waals surface area contributed by atoms with Crippen LogP contribution in [0, 0.1) is 0 Å². The Morgan fingerprint density at radius 2 is 2.00 bits per heavy atom. The minimum Gasteiger partial charge on any atom is -0.369 e. The second-order valence-electron chi connectivity index (χ2n) is 5.01. The number of nitrogens with one attached hydrogen (secondary N) is 1. The minimum atomic E-state index is 0.646. The predicted molar refractivity (Wildman–Crippen MR) is 89.8 cm³/mol. The van der Waals surface area contributed by atoms with Crippen LogP contribution in [0.3, 0.4) is 0 Å². The molecule has 0 aliphatic carbocycles. The number of aryl methyl sites for hydroxylation is 1. The highest BCUT2D eigenvalue weighted by Gasteiger charge is 2.14. The van der Waals surface area contributed by atoms with E-state index in [0.29, 0.717) is 5.02 Å². The van der Waals surface area contributed by atoms with Gasteiger partial charge >= 0.3 is 0 Å². The number of anilines is 1. The molecule has 0 aliphatic rings. The van der Waals surface area contributed by atoms with Crippen molar-refractivity contribution in [1.82, 2.24) is 19.7 Å². The van der Waals surface area contributed by atoms with Crippen molar-refractivity contribution in [2.24, 2.45) is 0 Å². The number of hydrogen-bond donors (Lipinski definition) is 1. The fourth-order valence-electron chi connectivity index (χ4n) is 2.29. The molecule has 0 fully saturated rings. The van der Waals surface area contributed by atoms with Gasteiger partial charge in [0.15, 0.2) is 5.65 Å². The Kier molecular flexibility index (Phi) is 4.24. The van der Waals surface area contributed by atoms with Gasteiger partial charge in [-0.15, -0.1) is 0 Å². The first-order valence-corrected chi connectivity index (χ1v) is 7.85. The van der Waals surface area contributed by atoms with Crippen molar-refractivity contribution in [3.05, 3.63) is 41.3 Å². The Balaban J connectivity index is 2.19. The lowest BCUT2D eigenvalue weighted by atomic mass is 10.3. The Bertz CT molecular complexity index is 796. The van der Waals surface area contributed by atoms with Crippen LogP contribution in [0.2, 0.25) is 5.02 Å². The van der Waals surface area contributed by atoms with Gasteiger partial charge in [0, 0.05) is 13.0 Å². The molecule has 5 nitrogen and oxygen atoms in total. The fraction of sp³-hybridized carbons (Fsp3) is 0.312. The molecule has 0 amide bonds. The van der Waals surface area contributed by atoms with Crippen molar-refractivity contribution in [3.8, 4) is 5.69 Å². The molecule has 1 aromatic carbocycles. The maximum Gasteiger partial charge on any atom is 0.168 e. The lowest BCUT2D eigenvalue weighted by Gasteiger charge is -2.09. The lowest BCUT2D eigenvalue weighted by Crippen LogP contribution is -2.07. The van der Waals surface area contributed by atoms with Crippen LogP contribution in [-0.4, -0.2) is 26.3 Å². The molecule has 0 unspecified atom stereocenters. The highest BCUT2D eigenvalue weighted by atomic mass is 35.5. The molecule has 3 rings (SSSR count). The molecule has 114 valence electrons. The van der Waals surface area contributed by atoms with Gasteiger partial charge in [-0.2, -0.15) is 5.10 Å². The molecular weight excluding hydrogens is 298 g/mol. The quantitative estimate of drug-likeness (QED) is 0.777. The molecule has 0 aliphatic heterocycles. The van der Waals surface area contributed by atoms with E-state index in [9.17, 15) is 0 Å². The van der Waals surface area contributed by atoms with E-state index in [1.54, 1.807) is 10.9 Å². The summed E-state index contributed by atoms with van der Waals surface area (Å²) in [5.74, 6) is 1.63. The number of rotatable bonds is 5. The SMILES string of the molecule is CCCNc1nc(CC)nc2c1cnn2-c1ccccc1Cl. The maximum atomic E-state index is 6.29. The first-order valence-electron chi connectivity index (χ1n) is 7.48. The van der Waals surface area contributed by atoms with Crippen LogP contribution >= 0.6 is 11.6 Å². The van der Waals surface area contributed by atoms with Crippen LogP contribution in [0.4, 0.5) is 5.82 Å². The molecule has 1 N–H and O–H groups in total. The molecule has 0 bridgehead atoms. The van der Waals surface area contributed by atoms with Crippen molar-refractivity contribution in [3.63, 3.8) is 0 Å². The number of para-hydroxylation sites is 1. The molecule has 0 radical (unpaired) electrons. The third kappa shape index (κ3) is 2.64. The average molecular weight is 316 g/mol. The van der Waals surface area contributed by atoms with Gasteiger partial charge in [-0.05, 0) is 18.6 Å². The van der Waals surface area contributed by atoms with Gasteiger partial charge in [-0.25, -0.2) is 14.6 Å². The molecular formula is C16H18ClN5. The Morgan fingerprint density at radius 3 is 2.73 bits per heavy atom. The van der Waals surface area contributed by atoms with Crippen LogP contribution in [0.5, 0.6) is 0 Å². The molecule has 6 heteroatoms. The van der Waals surface area contributed by atoms with E-state index in [2.05, 4.69) is 27.3 Å². The molecule has 0 saturated heterocycles. The molecule has 0 saturated carbocycles. The number of hydrogen-bond acceptors (Lipinski definition) is 4. The standard InChI is InChI=1S/C16H18ClN5/c1-3-9-18-15-11-10-19-22(13-8-6-5-7-12(13)17)16(11)21-14(4-2)20-15/h5-8,10H,3-4,9H2,1-2H3,(H,18,20,21). The third-order valence-corrected chi connectivity index (χ3v) is 3.73. The first kappa shape index (κ1) is 14.8. The highest BCUT2D eigenvalue weighted by molar-refractivity contribution is 6.32. The van der Waals surface area contributed by atoms with Crippen molar-refractivity contribution in [2.45, 2.75) is 26.7 Å². The summed E-state index contributed by atoms with van der Waals surface area (Å²) in [7, 11) is 0. The second kappa shape index (κ2) is 6.32. The summed E-state index contributed by atoms with van der Waals surface area (Å²) in [6.45, 7) is 5.03. The minimum absolute atomic E-state index is 0.646. The maximum absolute atomic E-state index is 6.29. The monoisotopic (exact) mass is 315 g/mol. The average Bonchev–Trinajstić information content (AvgIpc) is 2.96. The summed E-state index contributed by atoms with van der Waals surface area (Å²) in [4.78, 5) is 9.21. The van der Waals surface area contributed by atoms with Gasteiger partial charge in [0.25, 0.3) is 0 Å². The largest absolute Gasteiger partial charge is 0.369 e. The smallest absolute Gasteiger partial charge is 0.168 e. The number of fused-ring (bicyclic) bond motifs is 1. The second-order valence-corrected chi connectivity index (χ2v) is 5.42. The van der Waals surface area contributed by atoms with Crippen LogP contribution in [0.25, 0.3) is 16.7 Å². The molecule has 22 heavy (non-hydrogen) atoms. The van der Waals surface area contributed by atoms with Crippen molar-refractivity contribution in [1.29, 1.82) is 0 Å². The van der Waals surface area contributed by atoms with Gasteiger partial charge in [-0.3, -0.25) is 0 Å². The third-order valence-electron chi connectivity index (χ3n) is 3.41. The van der Waals surface area contributed by atoms with E-state index >= 15 is 0 Å². The summed E-state index contributed by atoms with van der Waals surface area (Å²) in [6, 6.07) is 7.62. The molecule has 2 aromatic heterocycles.